The summed E-state index contributed by atoms with van der Waals surface area (Å²) in [6.07, 6.45) is -4.28. The van der Waals surface area contributed by atoms with Gasteiger partial charge in [-0.3, -0.25) is 4.79 Å². The second-order valence-corrected chi connectivity index (χ2v) is 7.50. The van der Waals surface area contributed by atoms with Gasteiger partial charge in [0.05, 0.1) is 12.2 Å². The highest BCUT2D eigenvalue weighted by atomic mass is 19.4. The molecule has 1 unspecified atom stereocenters. The van der Waals surface area contributed by atoms with Crippen LogP contribution in [0, 0.1) is 11.6 Å². The number of aromatic nitrogens is 1. The van der Waals surface area contributed by atoms with Gasteiger partial charge in [0, 0.05) is 11.5 Å². The third kappa shape index (κ3) is 4.54. The van der Waals surface area contributed by atoms with Gasteiger partial charge < -0.3 is 20.0 Å². The van der Waals surface area contributed by atoms with Crippen LogP contribution in [0.3, 0.4) is 0 Å². The first-order valence-corrected chi connectivity index (χ1v) is 9.83. The summed E-state index contributed by atoms with van der Waals surface area (Å²) >= 11 is 0. The molecule has 0 bridgehead atoms. The van der Waals surface area contributed by atoms with Crippen molar-refractivity contribution in [3.8, 4) is 17.0 Å². The highest BCUT2D eigenvalue weighted by Crippen LogP contribution is 2.46. The molecule has 1 amide bonds. The number of primary amides is 1. The molecule has 1 aliphatic carbocycles. The van der Waals surface area contributed by atoms with Crippen molar-refractivity contribution in [3.63, 3.8) is 0 Å². The van der Waals surface area contributed by atoms with Gasteiger partial charge in [0.15, 0.2) is 17.7 Å². The molecule has 1 heterocycles. The second kappa shape index (κ2) is 8.47. The molecule has 1 aliphatic rings. The fourth-order valence-corrected chi connectivity index (χ4v) is 3.30. The van der Waals surface area contributed by atoms with Crippen LogP contribution >= 0.6 is 0 Å². The van der Waals surface area contributed by atoms with Crippen molar-refractivity contribution in [1.29, 1.82) is 0 Å². The predicted octanol–water partition coefficient (Wildman–Crippen LogP) is 4.73. The van der Waals surface area contributed by atoms with Crippen molar-refractivity contribution in [2.45, 2.75) is 31.0 Å². The summed E-state index contributed by atoms with van der Waals surface area (Å²) < 4.78 is 78.0. The van der Waals surface area contributed by atoms with Gasteiger partial charge in [-0.25, -0.2) is 13.8 Å². The van der Waals surface area contributed by atoms with E-state index in [0.29, 0.717) is 11.3 Å². The minimum Gasteiger partial charge on any atom is -0.475 e. The maximum atomic E-state index is 14.5. The first-order valence-electron chi connectivity index (χ1n) is 9.83. The monoisotopic (exact) mass is 468 g/mol. The molecule has 174 valence electrons. The number of oxazole rings is 1. The lowest BCUT2D eigenvalue weighted by molar-refractivity contribution is -0.137. The van der Waals surface area contributed by atoms with Gasteiger partial charge in [-0.15, -0.1) is 0 Å². The standard InChI is InChI=1S/C22H17F5N2O4/c23-13-7-8-14(17(24)16(13)20(28)31)32-15(9-30)21-29-18(19(33-21)11-1-2-11)10-3-5-12(6-4-10)22(25,26)27/h3-8,11,15,30H,1-2,9H2,(H2,28,31). The topological polar surface area (TPSA) is 98.6 Å². The average molecular weight is 468 g/mol. The lowest BCUT2D eigenvalue weighted by atomic mass is 10.1. The molecule has 33 heavy (non-hydrogen) atoms. The van der Waals surface area contributed by atoms with Crippen molar-refractivity contribution in [1.82, 2.24) is 4.98 Å². The Morgan fingerprint density at radius 1 is 1.18 bits per heavy atom. The van der Waals surface area contributed by atoms with Gasteiger partial charge >= 0.3 is 6.18 Å². The largest absolute Gasteiger partial charge is 0.475 e. The maximum absolute atomic E-state index is 14.5. The van der Waals surface area contributed by atoms with Crippen molar-refractivity contribution in [2.75, 3.05) is 6.61 Å². The number of rotatable bonds is 7. The summed E-state index contributed by atoms with van der Waals surface area (Å²) in [4.78, 5) is 15.6. The van der Waals surface area contributed by atoms with Gasteiger partial charge in [-0.05, 0) is 37.1 Å². The number of amides is 1. The molecular formula is C22H17F5N2O4. The Labute approximate surface area is 183 Å². The molecule has 3 N–H and O–H groups in total. The van der Waals surface area contributed by atoms with E-state index in [4.69, 9.17) is 14.9 Å². The number of halogens is 5. The first-order chi connectivity index (χ1) is 15.6. The van der Waals surface area contributed by atoms with Gasteiger partial charge in [-0.2, -0.15) is 13.2 Å². The van der Waals surface area contributed by atoms with E-state index < -0.39 is 53.3 Å². The third-order valence-electron chi connectivity index (χ3n) is 5.12. The van der Waals surface area contributed by atoms with Gasteiger partial charge in [0.2, 0.25) is 5.89 Å². The van der Waals surface area contributed by atoms with Crippen LogP contribution in [0.15, 0.2) is 40.8 Å². The van der Waals surface area contributed by atoms with E-state index >= 15 is 0 Å². The van der Waals surface area contributed by atoms with Gasteiger partial charge in [0.25, 0.3) is 5.91 Å². The van der Waals surface area contributed by atoms with Crippen LogP contribution < -0.4 is 10.5 Å². The van der Waals surface area contributed by atoms with Crippen LogP contribution in [0.2, 0.25) is 0 Å². The average Bonchev–Trinajstić information content (AvgIpc) is 3.51. The number of aliphatic hydroxyl groups is 1. The Balaban J connectivity index is 1.68. The summed E-state index contributed by atoms with van der Waals surface area (Å²) in [5.41, 5.74) is 3.82. The van der Waals surface area contributed by atoms with Crippen molar-refractivity contribution in [2.24, 2.45) is 5.73 Å². The van der Waals surface area contributed by atoms with E-state index in [1.165, 1.54) is 12.1 Å². The van der Waals surface area contributed by atoms with E-state index in [0.717, 1.165) is 37.1 Å². The van der Waals surface area contributed by atoms with E-state index in [-0.39, 0.29) is 17.5 Å². The molecule has 0 spiro atoms. The molecule has 1 aromatic heterocycles. The van der Waals surface area contributed by atoms with E-state index in [1.807, 2.05) is 0 Å². The Morgan fingerprint density at radius 3 is 2.39 bits per heavy atom. The van der Waals surface area contributed by atoms with Crippen LogP contribution in [0.5, 0.6) is 5.75 Å². The third-order valence-corrected chi connectivity index (χ3v) is 5.12. The van der Waals surface area contributed by atoms with Crippen LogP contribution in [-0.2, 0) is 6.18 Å². The zero-order chi connectivity index (χ0) is 23.9. The second-order valence-electron chi connectivity index (χ2n) is 7.50. The molecule has 1 saturated carbocycles. The number of hydrogen-bond donors (Lipinski definition) is 2. The Morgan fingerprint density at radius 2 is 1.85 bits per heavy atom. The number of carbonyl (C=O) groups is 1. The molecule has 2 aromatic carbocycles. The molecular weight excluding hydrogens is 451 g/mol. The van der Waals surface area contributed by atoms with E-state index in [2.05, 4.69) is 4.98 Å². The SMILES string of the molecule is NC(=O)c1c(F)ccc(OC(CO)c2nc(-c3ccc(C(F)(F)F)cc3)c(C3CC3)o2)c1F. The summed E-state index contributed by atoms with van der Waals surface area (Å²) in [6.45, 7) is -0.722. The molecule has 3 aromatic rings. The van der Waals surface area contributed by atoms with Crippen molar-refractivity contribution >= 4 is 5.91 Å². The molecule has 0 aliphatic heterocycles. The molecule has 11 heteroatoms. The minimum atomic E-state index is -4.49. The lowest BCUT2D eigenvalue weighted by Gasteiger charge is -2.15. The summed E-state index contributed by atoms with van der Waals surface area (Å²) in [6, 6.07) is 6.04. The molecule has 1 fully saturated rings. The number of hydrogen-bond acceptors (Lipinski definition) is 5. The van der Waals surface area contributed by atoms with E-state index in [1.54, 1.807) is 0 Å². The minimum absolute atomic E-state index is 0.00749. The van der Waals surface area contributed by atoms with Crippen LogP contribution in [0.4, 0.5) is 22.0 Å². The Bertz CT molecular complexity index is 1190. The van der Waals surface area contributed by atoms with Crippen LogP contribution in [0.1, 0.15) is 52.4 Å². The zero-order valence-electron chi connectivity index (χ0n) is 16.8. The highest BCUT2D eigenvalue weighted by molar-refractivity contribution is 5.93. The van der Waals surface area contributed by atoms with Crippen LogP contribution in [0.25, 0.3) is 11.3 Å². The number of ether oxygens (including phenoxy) is 1. The van der Waals surface area contributed by atoms with Crippen LogP contribution in [-0.4, -0.2) is 22.6 Å². The number of carbonyl (C=O) groups excluding carboxylic acids is 1. The number of benzene rings is 2. The molecule has 4 rings (SSSR count). The molecule has 1 atom stereocenters. The zero-order valence-corrected chi connectivity index (χ0v) is 16.8. The smallest absolute Gasteiger partial charge is 0.416 e. The summed E-state index contributed by atoms with van der Waals surface area (Å²) in [5.74, 6) is -4.18. The predicted molar refractivity (Wildman–Crippen MR) is 104 cm³/mol. The highest BCUT2D eigenvalue weighted by Gasteiger charge is 2.35. The van der Waals surface area contributed by atoms with E-state index in [9.17, 15) is 31.9 Å². The number of alkyl halides is 3. The Kier molecular flexibility index (Phi) is 5.83. The number of nitrogens with two attached hydrogens (primary N) is 1. The van der Waals surface area contributed by atoms with Gasteiger partial charge in [0.1, 0.15) is 22.8 Å². The first kappa shape index (κ1) is 22.7. The lowest BCUT2D eigenvalue weighted by Crippen LogP contribution is -2.18. The van der Waals surface area contributed by atoms with Crippen molar-refractivity contribution < 1.29 is 41.0 Å². The molecule has 6 nitrogen and oxygen atoms in total. The molecule has 0 saturated heterocycles. The quantitative estimate of drug-likeness (QED) is 0.489. The molecule has 0 radical (unpaired) electrons. The normalized spacial score (nSPS) is 14.8. The fraction of sp³-hybridized carbons (Fsp3) is 0.273. The van der Waals surface area contributed by atoms with Crippen molar-refractivity contribution in [3.05, 3.63) is 70.8 Å². The Hall–Kier alpha value is -3.47. The van der Waals surface area contributed by atoms with Gasteiger partial charge in [-0.1, -0.05) is 12.1 Å². The maximum Gasteiger partial charge on any atom is 0.416 e. The summed E-state index contributed by atoms with van der Waals surface area (Å²) in [7, 11) is 0. The number of aliphatic hydroxyl groups excluding tert-OH is 1. The summed E-state index contributed by atoms with van der Waals surface area (Å²) in [5, 5.41) is 9.78. The fourth-order valence-electron chi connectivity index (χ4n) is 3.30. The number of nitrogens with zero attached hydrogens (tertiary/aromatic N) is 1.